The Labute approximate surface area is 96.0 Å². The molecule has 0 aliphatic carbocycles. The van der Waals surface area contributed by atoms with Crippen molar-refractivity contribution < 1.29 is 14.6 Å². The highest BCUT2D eigenvalue weighted by Gasteiger charge is 2.17. The fraction of sp³-hybridized carbons (Fsp3) is 0.538. The summed E-state index contributed by atoms with van der Waals surface area (Å²) in [7, 11) is 0. The van der Waals surface area contributed by atoms with E-state index in [1.165, 1.54) is 5.56 Å². The summed E-state index contributed by atoms with van der Waals surface area (Å²) in [6, 6.07) is 5.98. The molecule has 0 amide bonds. The standard InChI is InChI=1S/C13H18O3/c1-9(2)11(7-14)5-10-3-4-12-13(6-10)16-8-15-12/h3-4,6,9,11,14H,5,7-8H2,1-2H3. The van der Waals surface area contributed by atoms with Gasteiger partial charge in [0.1, 0.15) is 0 Å². The third kappa shape index (κ3) is 2.30. The van der Waals surface area contributed by atoms with E-state index in [2.05, 4.69) is 13.8 Å². The second-order valence-corrected chi connectivity index (χ2v) is 4.58. The van der Waals surface area contributed by atoms with Gasteiger partial charge in [-0.1, -0.05) is 19.9 Å². The number of fused-ring (bicyclic) bond motifs is 1. The highest BCUT2D eigenvalue weighted by Crippen LogP contribution is 2.33. The van der Waals surface area contributed by atoms with Crippen LogP contribution in [0.15, 0.2) is 18.2 Å². The van der Waals surface area contributed by atoms with Crippen LogP contribution >= 0.6 is 0 Å². The van der Waals surface area contributed by atoms with Crippen LogP contribution in [-0.2, 0) is 6.42 Å². The third-order valence-corrected chi connectivity index (χ3v) is 3.11. The molecule has 2 rings (SSSR count). The number of aliphatic hydroxyl groups is 1. The van der Waals surface area contributed by atoms with Crippen LogP contribution in [0.4, 0.5) is 0 Å². The van der Waals surface area contributed by atoms with E-state index < -0.39 is 0 Å². The zero-order valence-electron chi connectivity index (χ0n) is 9.77. The van der Waals surface area contributed by atoms with Crippen molar-refractivity contribution in [2.24, 2.45) is 11.8 Å². The minimum Gasteiger partial charge on any atom is -0.454 e. The number of benzene rings is 1. The summed E-state index contributed by atoms with van der Waals surface area (Å²) in [6.07, 6.45) is 0.880. The van der Waals surface area contributed by atoms with Gasteiger partial charge < -0.3 is 14.6 Å². The summed E-state index contributed by atoms with van der Waals surface area (Å²) >= 11 is 0. The molecule has 0 saturated carbocycles. The van der Waals surface area contributed by atoms with Crippen molar-refractivity contribution >= 4 is 0 Å². The van der Waals surface area contributed by atoms with Gasteiger partial charge in [0, 0.05) is 6.61 Å². The highest BCUT2D eigenvalue weighted by atomic mass is 16.7. The van der Waals surface area contributed by atoms with E-state index in [1.54, 1.807) is 0 Å². The average molecular weight is 222 g/mol. The smallest absolute Gasteiger partial charge is 0.231 e. The zero-order valence-corrected chi connectivity index (χ0v) is 9.77. The maximum atomic E-state index is 9.30. The number of hydrogen-bond acceptors (Lipinski definition) is 3. The maximum Gasteiger partial charge on any atom is 0.231 e. The molecule has 1 atom stereocenters. The molecule has 88 valence electrons. The Morgan fingerprint density at radius 1 is 1.25 bits per heavy atom. The highest BCUT2D eigenvalue weighted by molar-refractivity contribution is 5.44. The van der Waals surface area contributed by atoms with Crippen LogP contribution in [0.25, 0.3) is 0 Å². The Kier molecular flexibility index (Phi) is 3.34. The van der Waals surface area contributed by atoms with Crippen molar-refractivity contribution in [3.05, 3.63) is 23.8 Å². The molecule has 0 bridgehead atoms. The monoisotopic (exact) mass is 222 g/mol. The second kappa shape index (κ2) is 4.74. The van der Waals surface area contributed by atoms with Crippen LogP contribution in [0.1, 0.15) is 19.4 Å². The summed E-state index contributed by atoms with van der Waals surface area (Å²) in [5.74, 6) is 2.42. The van der Waals surface area contributed by atoms with E-state index in [4.69, 9.17) is 9.47 Å². The predicted molar refractivity (Wildman–Crippen MR) is 61.7 cm³/mol. The molecule has 1 aromatic rings. The van der Waals surface area contributed by atoms with Crippen molar-refractivity contribution in [2.75, 3.05) is 13.4 Å². The number of ether oxygens (including phenoxy) is 2. The Balaban J connectivity index is 2.10. The van der Waals surface area contributed by atoms with Gasteiger partial charge in [0.25, 0.3) is 0 Å². The molecule has 0 aromatic heterocycles. The Hall–Kier alpha value is -1.22. The van der Waals surface area contributed by atoms with Gasteiger partial charge in [-0.15, -0.1) is 0 Å². The SMILES string of the molecule is CC(C)C(CO)Cc1ccc2c(c1)OCO2. The van der Waals surface area contributed by atoms with E-state index in [-0.39, 0.29) is 6.61 Å². The Bertz CT molecular complexity index is 360. The van der Waals surface area contributed by atoms with Crippen LogP contribution in [-0.4, -0.2) is 18.5 Å². The largest absolute Gasteiger partial charge is 0.454 e. The molecule has 1 aromatic carbocycles. The first-order chi connectivity index (χ1) is 7.70. The molecular weight excluding hydrogens is 204 g/mol. The lowest BCUT2D eigenvalue weighted by atomic mass is 9.90. The lowest BCUT2D eigenvalue weighted by Crippen LogP contribution is -2.16. The summed E-state index contributed by atoms with van der Waals surface area (Å²) in [4.78, 5) is 0. The molecule has 0 spiro atoms. The predicted octanol–water partition coefficient (Wildman–Crippen LogP) is 2.22. The van der Waals surface area contributed by atoms with E-state index in [1.807, 2.05) is 18.2 Å². The molecule has 1 aliphatic rings. The topological polar surface area (TPSA) is 38.7 Å². The minimum atomic E-state index is 0.228. The van der Waals surface area contributed by atoms with Crippen LogP contribution in [0.5, 0.6) is 11.5 Å². The van der Waals surface area contributed by atoms with Crippen LogP contribution in [0.2, 0.25) is 0 Å². The van der Waals surface area contributed by atoms with Crippen molar-refractivity contribution in [1.82, 2.24) is 0 Å². The zero-order chi connectivity index (χ0) is 11.5. The number of rotatable bonds is 4. The lowest BCUT2D eigenvalue weighted by Gasteiger charge is -2.18. The quantitative estimate of drug-likeness (QED) is 0.849. The average Bonchev–Trinajstić information content (AvgIpc) is 2.72. The molecule has 0 fully saturated rings. The van der Waals surface area contributed by atoms with Gasteiger partial charge in [-0.05, 0) is 36.0 Å². The molecule has 16 heavy (non-hydrogen) atoms. The van der Waals surface area contributed by atoms with E-state index in [0.29, 0.717) is 18.6 Å². The third-order valence-electron chi connectivity index (χ3n) is 3.11. The Morgan fingerprint density at radius 3 is 2.69 bits per heavy atom. The molecule has 1 unspecified atom stereocenters. The summed E-state index contributed by atoms with van der Waals surface area (Å²) in [6.45, 7) is 4.81. The van der Waals surface area contributed by atoms with Crippen molar-refractivity contribution in [3.63, 3.8) is 0 Å². The van der Waals surface area contributed by atoms with Crippen molar-refractivity contribution in [3.8, 4) is 11.5 Å². The van der Waals surface area contributed by atoms with Gasteiger partial charge in [-0.25, -0.2) is 0 Å². The lowest BCUT2D eigenvalue weighted by molar-refractivity contribution is 0.173. The van der Waals surface area contributed by atoms with Gasteiger partial charge >= 0.3 is 0 Å². The fourth-order valence-corrected chi connectivity index (χ4v) is 1.88. The molecule has 1 aliphatic heterocycles. The maximum absolute atomic E-state index is 9.30. The van der Waals surface area contributed by atoms with Crippen LogP contribution in [0.3, 0.4) is 0 Å². The van der Waals surface area contributed by atoms with Crippen molar-refractivity contribution in [1.29, 1.82) is 0 Å². The molecule has 0 radical (unpaired) electrons. The second-order valence-electron chi connectivity index (χ2n) is 4.58. The van der Waals surface area contributed by atoms with Gasteiger partial charge in [-0.3, -0.25) is 0 Å². The van der Waals surface area contributed by atoms with E-state index in [0.717, 1.165) is 17.9 Å². The van der Waals surface area contributed by atoms with Gasteiger partial charge in [0.2, 0.25) is 6.79 Å². The van der Waals surface area contributed by atoms with Gasteiger partial charge in [0.15, 0.2) is 11.5 Å². The molecular formula is C13H18O3. The number of aliphatic hydroxyl groups excluding tert-OH is 1. The first-order valence-electron chi connectivity index (χ1n) is 5.70. The summed E-state index contributed by atoms with van der Waals surface area (Å²) < 4.78 is 10.6. The minimum absolute atomic E-state index is 0.228. The first kappa shape index (κ1) is 11.3. The number of hydrogen-bond donors (Lipinski definition) is 1. The van der Waals surface area contributed by atoms with Crippen molar-refractivity contribution in [2.45, 2.75) is 20.3 Å². The fourth-order valence-electron chi connectivity index (χ4n) is 1.88. The molecule has 3 heteroatoms. The first-order valence-corrected chi connectivity index (χ1v) is 5.70. The van der Waals surface area contributed by atoms with E-state index in [9.17, 15) is 5.11 Å². The molecule has 1 heterocycles. The summed E-state index contributed by atoms with van der Waals surface area (Å²) in [5.41, 5.74) is 1.19. The van der Waals surface area contributed by atoms with Gasteiger partial charge in [0.05, 0.1) is 0 Å². The normalized spacial score (nSPS) is 15.5. The molecule has 1 N–H and O–H groups in total. The molecule has 3 nitrogen and oxygen atoms in total. The summed E-state index contributed by atoms with van der Waals surface area (Å²) in [5, 5.41) is 9.30. The molecule has 0 saturated heterocycles. The van der Waals surface area contributed by atoms with Gasteiger partial charge in [-0.2, -0.15) is 0 Å². The van der Waals surface area contributed by atoms with Crippen LogP contribution < -0.4 is 9.47 Å². The van der Waals surface area contributed by atoms with E-state index >= 15 is 0 Å². The van der Waals surface area contributed by atoms with Crippen LogP contribution in [0, 0.1) is 11.8 Å². The Morgan fingerprint density at radius 2 is 2.00 bits per heavy atom.